The summed E-state index contributed by atoms with van der Waals surface area (Å²) in [6, 6.07) is 0.789. The monoisotopic (exact) mass is 228 g/mol. The molecule has 3 nitrogen and oxygen atoms in total. The molecule has 6 heteroatoms. The second kappa shape index (κ2) is 6.28. The van der Waals surface area contributed by atoms with Gasteiger partial charge in [0.25, 0.3) is 0 Å². The van der Waals surface area contributed by atoms with Crippen molar-refractivity contribution in [3.8, 4) is 0 Å². The summed E-state index contributed by atoms with van der Waals surface area (Å²) in [5, 5.41) is 0. The SMILES string of the molecule is CCC[Si](OC)(OC)OC(S)S. The van der Waals surface area contributed by atoms with Crippen LogP contribution in [-0.2, 0) is 13.3 Å². The molecule has 0 bridgehead atoms. The topological polar surface area (TPSA) is 27.7 Å². The van der Waals surface area contributed by atoms with E-state index in [1.54, 1.807) is 14.2 Å². The van der Waals surface area contributed by atoms with Crippen molar-refractivity contribution in [3.63, 3.8) is 0 Å². The summed E-state index contributed by atoms with van der Waals surface area (Å²) >= 11 is 8.02. The Morgan fingerprint density at radius 3 is 2.00 bits per heavy atom. The van der Waals surface area contributed by atoms with Gasteiger partial charge in [-0.05, 0) is 0 Å². The van der Waals surface area contributed by atoms with Crippen LogP contribution < -0.4 is 0 Å². The Morgan fingerprint density at radius 1 is 1.25 bits per heavy atom. The van der Waals surface area contributed by atoms with E-state index in [2.05, 4.69) is 32.2 Å². The van der Waals surface area contributed by atoms with Crippen molar-refractivity contribution < 1.29 is 13.3 Å². The van der Waals surface area contributed by atoms with Crippen LogP contribution in [0.1, 0.15) is 13.3 Å². The van der Waals surface area contributed by atoms with Gasteiger partial charge in [0.1, 0.15) is 4.77 Å². The van der Waals surface area contributed by atoms with Gasteiger partial charge in [0.05, 0.1) is 0 Å². The molecule has 0 radical (unpaired) electrons. The second-order valence-corrected chi connectivity index (χ2v) is 6.55. The summed E-state index contributed by atoms with van der Waals surface area (Å²) in [6.45, 7) is 2.05. The first-order valence-corrected chi connectivity index (χ1v) is 6.71. The zero-order valence-electron chi connectivity index (χ0n) is 7.61. The third-order valence-electron chi connectivity index (χ3n) is 1.46. The molecule has 0 aliphatic rings. The van der Waals surface area contributed by atoms with E-state index in [9.17, 15) is 0 Å². The Bertz CT molecular complexity index is 119. The molecule has 0 rings (SSSR count). The first-order valence-electron chi connectivity index (χ1n) is 3.74. The van der Waals surface area contributed by atoms with Gasteiger partial charge >= 0.3 is 8.80 Å². The fourth-order valence-corrected chi connectivity index (χ4v) is 3.69. The number of rotatable bonds is 6. The lowest BCUT2D eigenvalue weighted by atomic mass is 10.6. The predicted octanol–water partition coefficient (Wildman–Crippen LogP) is 1.79. The minimum absolute atomic E-state index is 0.442. The molecule has 0 saturated carbocycles. The molecule has 0 aliphatic heterocycles. The first-order chi connectivity index (χ1) is 5.60. The van der Waals surface area contributed by atoms with Gasteiger partial charge in [0.2, 0.25) is 0 Å². The molecule has 0 unspecified atom stereocenters. The van der Waals surface area contributed by atoms with Crippen molar-refractivity contribution in [2.45, 2.75) is 24.2 Å². The zero-order valence-corrected chi connectivity index (χ0v) is 10.4. The fourth-order valence-electron chi connectivity index (χ4n) is 0.909. The fraction of sp³-hybridized carbons (Fsp3) is 1.00. The van der Waals surface area contributed by atoms with Crippen molar-refractivity contribution in [1.82, 2.24) is 0 Å². The second-order valence-electron chi connectivity index (χ2n) is 2.29. The molecule has 0 aliphatic carbocycles. The lowest BCUT2D eigenvalue weighted by molar-refractivity contribution is 0.111. The van der Waals surface area contributed by atoms with Crippen LogP contribution in [0.4, 0.5) is 0 Å². The van der Waals surface area contributed by atoms with E-state index in [0.717, 1.165) is 12.5 Å². The van der Waals surface area contributed by atoms with E-state index < -0.39 is 13.6 Å². The quantitative estimate of drug-likeness (QED) is 0.412. The van der Waals surface area contributed by atoms with Crippen LogP contribution in [0.25, 0.3) is 0 Å². The first kappa shape index (κ1) is 12.8. The minimum Gasteiger partial charge on any atom is -0.377 e. The van der Waals surface area contributed by atoms with Crippen LogP contribution in [0, 0.1) is 0 Å². The molecule has 0 aromatic carbocycles. The highest BCUT2D eigenvalue weighted by Crippen LogP contribution is 2.20. The summed E-state index contributed by atoms with van der Waals surface area (Å²) in [5.74, 6) is 0. The standard InChI is InChI=1S/C6H16O3S2Si/c1-4-5-12(7-2,8-3)9-6(10)11/h6,10-11H,4-5H2,1-3H3. The minimum atomic E-state index is -2.46. The third kappa shape index (κ3) is 4.15. The highest BCUT2D eigenvalue weighted by atomic mass is 32.2. The Morgan fingerprint density at radius 2 is 1.75 bits per heavy atom. The lowest BCUT2D eigenvalue weighted by Gasteiger charge is -2.27. The molecule has 0 saturated heterocycles. The molecule has 0 fully saturated rings. The van der Waals surface area contributed by atoms with Crippen molar-refractivity contribution >= 4 is 34.1 Å². The van der Waals surface area contributed by atoms with Gasteiger partial charge in [-0.3, -0.25) is 0 Å². The molecule has 74 valence electrons. The molecule has 12 heavy (non-hydrogen) atoms. The van der Waals surface area contributed by atoms with E-state index in [-0.39, 0.29) is 0 Å². The molecule has 0 atom stereocenters. The van der Waals surface area contributed by atoms with Crippen molar-refractivity contribution in [3.05, 3.63) is 0 Å². The zero-order chi connectivity index (χ0) is 9.61. The van der Waals surface area contributed by atoms with Crippen LogP contribution >= 0.6 is 25.3 Å². The maximum absolute atomic E-state index is 5.40. The average Bonchev–Trinajstić information content (AvgIpc) is 2.03. The highest BCUT2D eigenvalue weighted by molar-refractivity contribution is 7.98. The van der Waals surface area contributed by atoms with Crippen LogP contribution in [0.3, 0.4) is 0 Å². The summed E-state index contributed by atoms with van der Waals surface area (Å²) < 4.78 is 15.4. The lowest BCUT2D eigenvalue weighted by Crippen LogP contribution is -2.44. The molecule has 0 N–H and O–H groups in total. The van der Waals surface area contributed by atoms with Gasteiger partial charge in [-0.25, -0.2) is 0 Å². The van der Waals surface area contributed by atoms with E-state index in [0.29, 0.717) is 0 Å². The molecular formula is C6H16O3S2Si. The van der Waals surface area contributed by atoms with Gasteiger partial charge in [-0.15, -0.1) is 25.3 Å². The van der Waals surface area contributed by atoms with Crippen LogP contribution in [-0.4, -0.2) is 27.8 Å². The summed E-state index contributed by atoms with van der Waals surface area (Å²) in [6.07, 6.45) is 0.960. The Kier molecular flexibility index (Phi) is 6.70. The molecule has 0 aromatic rings. The van der Waals surface area contributed by atoms with Gasteiger partial charge in [-0.2, -0.15) is 0 Å². The molecule has 0 spiro atoms. The van der Waals surface area contributed by atoms with Crippen LogP contribution in [0.15, 0.2) is 0 Å². The van der Waals surface area contributed by atoms with Gasteiger partial charge in [0, 0.05) is 20.3 Å². The molecule has 0 heterocycles. The van der Waals surface area contributed by atoms with Crippen LogP contribution in [0.5, 0.6) is 0 Å². The highest BCUT2D eigenvalue weighted by Gasteiger charge is 2.39. The number of thiol groups is 2. The molecule has 0 aromatic heterocycles. The van der Waals surface area contributed by atoms with Crippen molar-refractivity contribution in [2.75, 3.05) is 14.2 Å². The van der Waals surface area contributed by atoms with E-state index in [1.807, 2.05) is 0 Å². The largest absolute Gasteiger partial charge is 0.501 e. The smallest absolute Gasteiger partial charge is 0.377 e. The van der Waals surface area contributed by atoms with Gasteiger partial charge in [-0.1, -0.05) is 13.3 Å². The van der Waals surface area contributed by atoms with E-state index in [1.165, 1.54) is 0 Å². The van der Waals surface area contributed by atoms with Gasteiger partial charge in [0.15, 0.2) is 0 Å². The van der Waals surface area contributed by atoms with E-state index in [4.69, 9.17) is 13.3 Å². The Hall–Kier alpha value is 0.797. The van der Waals surface area contributed by atoms with Gasteiger partial charge < -0.3 is 13.3 Å². The molecule has 0 amide bonds. The average molecular weight is 228 g/mol. The number of hydrogen-bond acceptors (Lipinski definition) is 5. The third-order valence-corrected chi connectivity index (χ3v) is 5.02. The summed E-state index contributed by atoms with van der Waals surface area (Å²) in [4.78, 5) is 0. The Labute approximate surface area is 86.0 Å². The number of hydrogen-bond donors (Lipinski definition) is 2. The predicted molar refractivity (Wildman–Crippen MR) is 57.7 cm³/mol. The summed E-state index contributed by atoms with van der Waals surface area (Å²) in [5.41, 5.74) is 0. The maximum Gasteiger partial charge on any atom is 0.501 e. The maximum atomic E-state index is 5.40. The van der Waals surface area contributed by atoms with Crippen LogP contribution in [0.2, 0.25) is 6.04 Å². The Balaban J connectivity index is 4.13. The summed E-state index contributed by atoms with van der Waals surface area (Å²) in [7, 11) is 0.726. The van der Waals surface area contributed by atoms with E-state index >= 15 is 0 Å². The van der Waals surface area contributed by atoms with Crippen molar-refractivity contribution in [1.29, 1.82) is 0 Å². The normalized spacial score (nSPS) is 12.5. The van der Waals surface area contributed by atoms with Crippen molar-refractivity contribution in [2.24, 2.45) is 0 Å². The molecular weight excluding hydrogens is 212 g/mol.